The predicted octanol–water partition coefficient (Wildman–Crippen LogP) is 1.88. The van der Waals surface area contributed by atoms with E-state index in [-0.39, 0.29) is 17.8 Å². The van der Waals surface area contributed by atoms with Crippen LogP contribution in [0.3, 0.4) is 0 Å². The molecule has 2 N–H and O–H groups in total. The van der Waals surface area contributed by atoms with E-state index in [1.807, 2.05) is 6.07 Å². The molecule has 1 aromatic carbocycles. The second-order valence-corrected chi connectivity index (χ2v) is 5.96. The topological polar surface area (TPSA) is 109 Å². The van der Waals surface area contributed by atoms with E-state index in [0.717, 1.165) is 18.4 Å². The second kappa shape index (κ2) is 9.59. The number of hydrogen-bond donors (Lipinski definition) is 2. The van der Waals surface area contributed by atoms with Crippen molar-refractivity contribution in [3.8, 4) is 0 Å². The van der Waals surface area contributed by atoms with Crippen molar-refractivity contribution in [1.82, 2.24) is 15.5 Å². The molecule has 142 valence electrons. The zero-order valence-electron chi connectivity index (χ0n) is 15.1. The first kappa shape index (κ1) is 19.5. The molecule has 1 heterocycles. The number of nitrogens with zero attached hydrogens (tertiary/aromatic N) is 3. The Bertz CT molecular complexity index is 656. The third kappa shape index (κ3) is 5.61. The van der Waals surface area contributed by atoms with Gasteiger partial charge in [0.1, 0.15) is 0 Å². The maximum atomic E-state index is 11.7. The van der Waals surface area contributed by atoms with E-state index in [1.165, 1.54) is 12.1 Å². The lowest BCUT2D eigenvalue weighted by atomic mass is 10.1. The Kier molecular flexibility index (Phi) is 7.19. The molecule has 1 aliphatic heterocycles. The maximum absolute atomic E-state index is 11.7. The van der Waals surface area contributed by atoms with Crippen molar-refractivity contribution in [2.45, 2.75) is 32.4 Å². The zero-order valence-corrected chi connectivity index (χ0v) is 15.1. The summed E-state index contributed by atoms with van der Waals surface area (Å²) in [6, 6.07) is 6.70. The van der Waals surface area contributed by atoms with Crippen LogP contribution in [0.15, 0.2) is 29.3 Å². The fraction of sp³-hybridized carbons (Fsp3) is 0.529. The average molecular weight is 363 g/mol. The van der Waals surface area contributed by atoms with E-state index >= 15 is 0 Å². The summed E-state index contributed by atoms with van der Waals surface area (Å²) in [6.45, 7) is 3.88. The number of rotatable bonds is 5. The molecular weight excluding hydrogens is 338 g/mol. The lowest BCUT2D eigenvalue weighted by Crippen LogP contribution is -2.49. The van der Waals surface area contributed by atoms with Crippen molar-refractivity contribution in [3.63, 3.8) is 0 Å². The Hall–Kier alpha value is -2.84. The summed E-state index contributed by atoms with van der Waals surface area (Å²) in [5.41, 5.74) is 0.873. The fourth-order valence-electron chi connectivity index (χ4n) is 2.77. The molecule has 1 aliphatic rings. The molecule has 1 fully saturated rings. The van der Waals surface area contributed by atoms with Gasteiger partial charge in [-0.3, -0.25) is 15.1 Å². The van der Waals surface area contributed by atoms with Crippen LogP contribution in [-0.2, 0) is 11.3 Å². The van der Waals surface area contributed by atoms with Crippen LogP contribution in [-0.4, -0.2) is 54.7 Å². The number of nitrogens with one attached hydrogen (secondary N) is 2. The molecule has 0 aliphatic carbocycles. The highest BCUT2D eigenvalue weighted by atomic mass is 16.6. The lowest BCUT2D eigenvalue weighted by molar-refractivity contribution is -0.384. The summed E-state index contributed by atoms with van der Waals surface area (Å²) in [5, 5.41) is 17.3. The number of amides is 1. The second-order valence-electron chi connectivity index (χ2n) is 5.96. The molecule has 1 amide bonds. The van der Waals surface area contributed by atoms with Crippen molar-refractivity contribution in [1.29, 1.82) is 0 Å². The number of likely N-dealkylation sites (tertiary alicyclic amines) is 1. The van der Waals surface area contributed by atoms with Crippen LogP contribution in [0.2, 0.25) is 0 Å². The predicted molar refractivity (Wildman–Crippen MR) is 98.0 cm³/mol. The molecule has 9 nitrogen and oxygen atoms in total. The zero-order chi connectivity index (χ0) is 18.9. The monoisotopic (exact) mass is 363 g/mol. The molecular formula is C17H25N5O4. The lowest BCUT2D eigenvalue weighted by Gasteiger charge is -2.32. The average Bonchev–Trinajstić information content (AvgIpc) is 2.66. The minimum atomic E-state index is -0.409. The Balaban J connectivity index is 1.81. The number of ether oxygens (including phenoxy) is 1. The summed E-state index contributed by atoms with van der Waals surface area (Å²) in [7, 11) is 1.68. The standard InChI is InChI=1S/C17H25N5O4/c1-3-26-17(23)21-9-7-14(8-10-21)20-16(18-2)19-12-13-5-4-6-15(11-13)22(24)25/h4-6,11,14H,3,7-10,12H2,1-2H3,(H2,18,19,20). The van der Waals surface area contributed by atoms with Gasteiger partial charge in [0, 0.05) is 44.9 Å². The first-order valence-corrected chi connectivity index (χ1v) is 8.65. The molecule has 0 unspecified atom stereocenters. The van der Waals surface area contributed by atoms with Gasteiger partial charge in [0.2, 0.25) is 0 Å². The highest BCUT2D eigenvalue weighted by Crippen LogP contribution is 2.13. The van der Waals surface area contributed by atoms with Gasteiger partial charge in [0.15, 0.2) is 5.96 Å². The highest BCUT2D eigenvalue weighted by Gasteiger charge is 2.24. The van der Waals surface area contributed by atoms with Crippen LogP contribution >= 0.6 is 0 Å². The molecule has 0 saturated carbocycles. The van der Waals surface area contributed by atoms with Gasteiger partial charge in [0.05, 0.1) is 11.5 Å². The van der Waals surface area contributed by atoms with E-state index in [2.05, 4.69) is 15.6 Å². The van der Waals surface area contributed by atoms with Crippen LogP contribution in [0.4, 0.5) is 10.5 Å². The van der Waals surface area contributed by atoms with Crippen LogP contribution in [0, 0.1) is 10.1 Å². The third-order valence-electron chi connectivity index (χ3n) is 4.17. The van der Waals surface area contributed by atoms with Crippen molar-refractivity contribution < 1.29 is 14.5 Å². The molecule has 0 bridgehead atoms. The number of benzene rings is 1. The number of nitro benzene ring substituents is 1. The molecule has 0 atom stereocenters. The smallest absolute Gasteiger partial charge is 0.409 e. The van der Waals surface area contributed by atoms with Crippen LogP contribution in [0.25, 0.3) is 0 Å². The van der Waals surface area contributed by atoms with Gasteiger partial charge in [-0.25, -0.2) is 4.79 Å². The quantitative estimate of drug-likeness (QED) is 0.358. The van der Waals surface area contributed by atoms with E-state index < -0.39 is 4.92 Å². The van der Waals surface area contributed by atoms with E-state index in [4.69, 9.17) is 4.74 Å². The fourth-order valence-corrected chi connectivity index (χ4v) is 2.77. The summed E-state index contributed by atoms with van der Waals surface area (Å²) in [6.07, 6.45) is 1.34. The molecule has 26 heavy (non-hydrogen) atoms. The van der Waals surface area contributed by atoms with E-state index in [0.29, 0.717) is 32.2 Å². The van der Waals surface area contributed by atoms with Gasteiger partial charge in [-0.15, -0.1) is 0 Å². The largest absolute Gasteiger partial charge is 0.450 e. The molecule has 0 radical (unpaired) electrons. The Morgan fingerprint density at radius 3 is 2.77 bits per heavy atom. The highest BCUT2D eigenvalue weighted by molar-refractivity contribution is 5.80. The number of carbonyl (C=O) groups is 1. The minimum absolute atomic E-state index is 0.0681. The van der Waals surface area contributed by atoms with Crippen molar-refractivity contribution in [2.75, 3.05) is 26.7 Å². The van der Waals surface area contributed by atoms with Gasteiger partial charge in [-0.1, -0.05) is 12.1 Å². The van der Waals surface area contributed by atoms with Gasteiger partial charge in [-0.2, -0.15) is 0 Å². The minimum Gasteiger partial charge on any atom is -0.450 e. The summed E-state index contributed by atoms with van der Waals surface area (Å²) < 4.78 is 5.02. The van der Waals surface area contributed by atoms with Crippen molar-refractivity contribution >= 4 is 17.7 Å². The van der Waals surface area contributed by atoms with Crippen LogP contribution in [0.5, 0.6) is 0 Å². The third-order valence-corrected chi connectivity index (χ3v) is 4.17. The molecule has 9 heteroatoms. The van der Waals surface area contributed by atoms with E-state index in [9.17, 15) is 14.9 Å². The normalized spacial score (nSPS) is 15.5. The Labute approximate surface area is 152 Å². The Morgan fingerprint density at radius 2 is 2.15 bits per heavy atom. The first-order valence-electron chi connectivity index (χ1n) is 8.65. The molecule has 2 rings (SSSR count). The van der Waals surface area contributed by atoms with Gasteiger partial charge < -0.3 is 20.3 Å². The number of guanidine groups is 1. The van der Waals surface area contributed by atoms with Gasteiger partial charge in [0.25, 0.3) is 5.69 Å². The molecule has 0 aromatic heterocycles. The van der Waals surface area contributed by atoms with Crippen LogP contribution in [0.1, 0.15) is 25.3 Å². The molecule has 0 spiro atoms. The van der Waals surface area contributed by atoms with E-state index in [1.54, 1.807) is 24.9 Å². The number of carbonyl (C=O) groups excluding carboxylic acids is 1. The number of aliphatic imine (C=N–C) groups is 1. The Morgan fingerprint density at radius 1 is 1.42 bits per heavy atom. The number of hydrogen-bond acceptors (Lipinski definition) is 5. The SMILES string of the molecule is CCOC(=O)N1CCC(NC(=NC)NCc2cccc([N+](=O)[O-])c2)CC1. The molecule has 1 saturated heterocycles. The first-order chi connectivity index (χ1) is 12.5. The number of nitro groups is 1. The summed E-state index contributed by atoms with van der Waals surface area (Å²) in [5.74, 6) is 0.631. The molecule has 1 aromatic rings. The number of piperidine rings is 1. The van der Waals surface area contributed by atoms with Gasteiger partial charge in [-0.05, 0) is 25.3 Å². The van der Waals surface area contributed by atoms with Crippen molar-refractivity contribution in [2.24, 2.45) is 4.99 Å². The number of non-ortho nitro benzene ring substituents is 1. The summed E-state index contributed by atoms with van der Waals surface area (Å²) >= 11 is 0. The van der Waals surface area contributed by atoms with Crippen LogP contribution < -0.4 is 10.6 Å². The van der Waals surface area contributed by atoms with Gasteiger partial charge >= 0.3 is 6.09 Å². The summed E-state index contributed by atoms with van der Waals surface area (Å²) in [4.78, 5) is 28.0. The maximum Gasteiger partial charge on any atom is 0.409 e. The van der Waals surface area contributed by atoms with Crippen molar-refractivity contribution in [3.05, 3.63) is 39.9 Å².